The minimum Gasteiger partial charge on any atom is -0.507 e. The Labute approximate surface area is 151 Å². The normalized spacial score (nSPS) is 11.0. The number of phenolic OH excluding ortho intramolecular Hbond substituents is 1. The third-order valence-corrected chi connectivity index (χ3v) is 3.91. The molecule has 0 heterocycles. The van der Waals surface area contributed by atoms with E-state index in [2.05, 4.69) is 0 Å². The van der Waals surface area contributed by atoms with E-state index in [-0.39, 0.29) is 29.7 Å². The standard InChI is InChI=1S/C20H21FO5/c1-12-18(23)17(20(25-4)13(2)19(12)26-11-24-3)16(22)10-7-14-5-8-15(21)9-6-14/h5-10,23H,11H2,1-4H3. The molecule has 0 bridgehead atoms. The molecule has 2 rings (SSSR count). The van der Waals surface area contributed by atoms with Crippen molar-refractivity contribution in [1.82, 2.24) is 0 Å². The summed E-state index contributed by atoms with van der Waals surface area (Å²) < 4.78 is 28.7. The van der Waals surface area contributed by atoms with Gasteiger partial charge in [-0.2, -0.15) is 0 Å². The molecule has 2 aromatic carbocycles. The molecule has 6 heteroatoms. The molecule has 0 unspecified atom stereocenters. The molecular weight excluding hydrogens is 339 g/mol. The fourth-order valence-electron chi connectivity index (χ4n) is 2.62. The van der Waals surface area contributed by atoms with E-state index >= 15 is 0 Å². The van der Waals surface area contributed by atoms with E-state index in [9.17, 15) is 14.3 Å². The number of halogens is 1. The van der Waals surface area contributed by atoms with Crippen LogP contribution in [-0.4, -0.2) is 31.9 Å². The highest BCUT2D eigenvalue weighted by Gasteiger charge is 2.24. The van der Waals surface area contributed by atoms with Gasteiger partial charge in [0.2, 0.25) is 0 Å². The summed E-state index contributed by atoms with van der Waals surface area (Å²) in [6.45, 7) is 3.38. The number of aromatic hydroxyl groups is 1. The van der Waals surface area contributed by atoms with Crippen molar-refractivity contribution in [2.24, 2.45) is 0 Å². The molecule has 0 aliphatic carbocycles. The summed E-state index contributed by atoms with van der Waals surface area (Å²) in [4.78, 5) is 12.6. The number of allylic oxidation sites excluding steroid dienone is 1. The van der Waals surface area contributed by atoms with E-state index in [4.69, 9.17) is 14.2 Å². The Morgan fingerprint density at radius 3 is 2.35 bits per heavy atom. The zero-order valence-electron chi connectivity index (χ0n) is 15.1. The summed E-state index contributed by atoms with van der Waals surface area (Å²) in [6, 6.07) is 5.71. The van der Waals surface area contributed by atoms with Gasteiger partial charge in [-0.15, -0.1) is 0 Å². The summed E-state index contributed by atoms with van der Waals surface area (Å²) in [6.07, 6.45) is 2.85. The average molecular weight is 360 g/mol. The van der Waals surface area contributed by atoms with Crippen LogP contribution in [-0.2, 0) is 4.74 Å². The van der Waals surface area contributed by atoms with Crippen molar-refractivity contribution in [2.45, 2.75) is 13.8 Å². The topological polar surface area (TPSA) is 65.0 Å². The fraction of sp³-hybridized carbons (Fsp3) is 0.250. The zero-order valence-corrected chi connectivity index (χ0v) is 15.1. The quantitative estimate of drug-likeness (QED) is 0.459. The smallest absolute Gasteiger partial charge is 0.193 e. The van der Waals surface area contributed by atoms with E-state index in [1.165, 1.54) is 32.4 Å². The van der Waals surface area contributed by atoms with Crippen LogP contribution < -0.4 is 9.47 Å². The number of phenols is 1. The summed E-state index contributed by atoms with van der Waals surface area (Å²) in [5.74, 6) is -0.376. The second kappa shape index (κ2) is 8.49. The van der Waals surface area contributed by atoms with Gasteiger partial charge in [0, 0.05) is 18.2 Å². The highest BCUT2D eigenvalue weighted by atomic mass is 19.1. The molecule has 0 radical (unpaired) electrons. The Morgan fingerprint density at radius 1 is 1.12 bits per heavy atom. The van der Waals surface area contributed by atoms with Crippen molar-refractivity contribution in [1.29, 1.82) is 0 Å². The van der Waals surface area contributed by atoms with Crippen molar-refractivity contribution in [3.8, 4) is 17.2 Å². The van der Waals surface area contributed by atoms with Gasteiger partial charge in [-0.25, -0.2) is 4.39 Å². The maximum Gasteiger partial charge on any atom is 0.193 e. The number of carbonyl (C=O) groups is 1. The Hall–Kier alpha value is -2.86. The van der Waals surface area contributed by atoms with Crippen LogP contribution in [0.5, 0.6) is 17.2 Å². The number of hydrogen-bond donors (Lipinski definition) is 1. The molecule has 0 aliphatic rings. The minimum atomic E-state index is -0.437. The lowest BCUT2D eigenvalue weighted by molar-refractivity contribution is 0.0497. The lowest BCUT2D eigenvalue weighted by Crippen LogP contribution is -2.08. The molecule has 138 valence electrons. The molecule has 5 nitrogen and oxygen atoms in total. The van der Waals surface area contributed by atoms with Crippen LogP contribution in [0.2, 0.25) is 0 Å². The van der Waals surface area contributed by atoms with E-state index < -0.39 is 5.78 Å². The maximum absolute atomic E-state index is 13.0. The van der Waals surface area contributed by atoms with Crippen LogP contribution >= 0.6 is 0 Å². The molecule has 26 heavy (non-hydrogen) atoms. The highest BCUT2D eigenvalue weighted by molar-refractivity contribution is 6.11. The van der Waals surface area contributed by atoms with E-state index in [1.807, 2.05) is 0 Å². The molecule has 0 aliphatic heterocycles. The van der Waals surface area contributed by atoms with Gasteiger partial charge in [0.25, 0.3) is 0 Å². The van der Waals surface area contributed by atoms with Gasteiger partial charge in [0.1, 0.15) is 28.6 Å². The molecule has 0 aromatic heterocycles. The third kappa shape index (κ3) is 4.03. The summed E-state index contributed by atoms with van der Waals surface area (Å²) in [7, 11) is 2.90. The van der Waals surface area contributed by atoms with Gasteiger partial charge in [-0.1, -0.05) is 18.2 Å². The lowest BCUT2D eigenvalue weighted by atomic mass is 9.98. The number of ketones is 1. The molecule has 1 N–H and O–H groups in total. The Balaban J connectivity index is 2.44. The van der Waals surface area contributed by atoms with Crippen molar-refractivity contribution in [3.05, 3.63) is 58.4 Å². The monoisotopic (exact) mass is 360 g/mol. The van der Waals surface area contributed by atoms with Crippen molar-refractivity contribution >= 4 is 11.9 Å². The molecular formula is C20H21FO5. The summed E-state index contributed by atoms with van der Waals surface area (Å²) in [5, 5.41) is 10.5. The second-order valence-corrected chi connectivity index (χ2v) is 5.64. The van der Waals surface area contributed by atoms with Gasteiger partial charge >= 0.3 is 0 Å². The van der Waals surface area contributed by atoms with Gasteiger partial charge in [0.05, 0.1) is 7.11 Å². The molecule has 0 atom stereocenters. The number of ether oxygens (including phenoxy) is 3. The molecule has 0 spiro atoms. The van der Waals surface area contributed by atoms with Crippen molar-refractivity contribution in [3.63, 3.8) is 0 Å². The fourth-order valence-corrected chi connectivity index (χ4v) is 2.62. The molecule has 0 amide bonds. The van der Waals surface area contributed by atoms with Gasteiger partial charge in [-0.05, 0) is 37.6 Å². The third-order valence-electron chi connectivity index (χ3n) is 3.91. The Bertz CT molecular complexity index is 825. The van der Waals surface area contributed by atoms with Crippen LogP contribution in [0, 0.1) is 19.7 Å². The Kier molecular flexibility index (Phi) is 6.36. The van der Waals surface area contributed by atoms with E-state index in [0.717, 1.165) is 0 Å². The number of hydrogen-bond acceptors (Lipinski definition) is 5. The first-order valence-corrected chi connectivity index (χ1v) is 7.90. The maximum atomic E-state index is 13.0. The molecule has 0 saturated carbocycles. The number of methoxy groups -OCH3 is 2. The predicted molar refractivity (Wildman–Crippen MR) is 96.4 cm³/mol. The average Bonchev–Trinajstić information content (AvgIpc) is 2.63. The molecule has 0 saturated heterocycles. The number of rotatable bonds is 7. The first kappa shape index (κ1) is 19.5. The Morgan fingerprint density at radius 2 is 1.77 bits per heavy atom. The van der Waals surface area contributed by atoms with Crippen LogP contribution in [0.15, 0.2) is 30.3 Å². The van der Waals surface area contributed by atoms with Gasteiger partial charge in [0.15, 0.2) is 12.6 Å². The minimum absolute atomic E-state index is 0.00202. The second-order valence-electron chi connectivity index (χ2n) is 5.64. The van der Waals surface area contributed by atoms with E-state index in [1.54, 1.807) is 32.1 Å². The first-order valence-electron chi connectivity index (χ1n) is 7.90. The van der Waals surface area contributed by atoms with Crippen LogP contribution in [0.1, 0.15) is 27.0 Å². The zero-order chi connectivity index (χ0) is 19.3. The number of carbonyl (C=O) groups excluding carboxylic acids is 1. The van der Waals surface area contributed by atoms with Crippen LogP contribution in [0.3, 0.4) is 0 Å². The lowest BCUT2D eigenvalue weighted by Gasteiger charge is -2.18. The van der Waals surface area contributed by atoms with Crippen molar-refractivity contribution < 1.29 is 28.5 Å². The number of benzene rings is 2. The van der Waals surface area contributed by atoms with Gasteiger partial charge < -0.3 is 19.3 Å². The van der Waals surface area contributed by atoms with Gasteiger partial charge in [-0.3, -0.25) is 4.79 Å². The van der Waals surface area contributed by atoms with Crippen molar-refractivity contribution in [2.75, 3.05) is 21.0 Å². The van der Waals surface area contributed by atoms with Crippen LogP contribution in [0.25, 0.3) is 6.08 Å². The SMILES string of the molecule is COCOc1c(C)c(O)c(C(=O)C=Cc2ccc(F)cc2)c(OC)c1C. The van der Waals surface area contributed by atoms with E-state index in [0.29, 0.717) is 22.4 Å². The summed E-state index contributed by atoms with van der Waals surface area (Å²) >= 11 is 0. The molecule has 2 aromatic rings. The summed E-state index contributed by atoms with van der Waals surface area (Å²) in [5.41, 5.74) is 1.70. The largest absolute Gasteiger partial charge is 0.507 e. The van der Waals surface area contributed by atoms with Crippen LogP contribution in [0.4, 0.5) is 4.39 Å². The highest BCUT2D eigenvalue weighted by Crippen LogP contribution is 2.42. The predicted octanol–water partition coefficient (Wildman–Crippen LogP) is 4.04. The molecule has 0 fully saturated rings. The first-order chi connectivity index (χ1) is 12.4.